The number of pyridine rings is 1. The average Bonchev–Trinajstić information content (AvgIpc) is 3.61. The molecule has 3 saturated heterocycles. The molecule has 0 saturated carbocycles. The van der Waals surface area contributed by atoms with Crippen LogP contribution in [0.25, 0.3) is 10.9 Å². The zero-order valence-electron chi connectivity index (χ0n) is 30.9. The monoisotopic (exact) mass is 776 g/mol. The Hall–Kier alpha value is -1.95. The summed E-state index contributed by atoms with van der Waals surface area (Å²) >= 11 is -3.21. The van der Waals surface area contributed by atoms with Crippen LogP contribution < -0.4 is 13.3 Å². The van der Waals surface area contributed by atoms with E-state index in [0.29, 0.717) is 43.0 Å². The molecule has 0 aliphatic carbocycles. The van der Waals surface area contributed by atoms with Crippen LogP contribution in [0.15, 0.2) is 6.20 Å². The number of anilines is 1. The van der Waals surface area contributed by atoms with Crippen LogP contribution in [0, 0.1) is 11.7 Å². The van der Waals surface area contributed by atoms with Gasteiger partial charge in [0, 0.05) is 0 Å². The molecule has 0 aromatic carbocycles. The van der Waals surface area contributed by atoms with Crippen molar-refractivity contribution in [3.63, 3.8) is 0 Å². The minimum atomic E-state index is -3.21. The quantitative estimate of drug-likeness (QED) is 0.162. The molecule has 3 aliphatic heterocycles. The van der Waals surface area contributed by atoms with Crippen LogP contribution in [0.2, 0.25) is 13.3 Å². The van der Waals surface area contributed by atoms with E-state index in [9.17, 15) is 4.79 Å². The summed E-state index contributed by atoms with van der Waals surface area (Å²) in [6.45, 7) is 17.0. The van der Waals surface area contributed by atoms with Crippen LogP contribution >= 0.6 is 0 Å². The molecule has 3 aliphatic rings. The number of ether oxygens (including phenoxy) is 2. The molecule has 5 heterocycles. The average molecular weight is 776 g/mol. The Morgan fingerprint density at radius 1 is 1.02 bits per heavy atom. The predicted molar refractivity (Wildman–Crippen MR) is 195 cm³/mol. The number of hydrogen-bond acceptors (Lipinski definition) is 8. The third kappa shape index (κ3) is 8.32. The first-order valence-electron chi connectivity index (χ1n) is 18.9. The molecular weight excluding hydrogens is 714 g/mol. The number of hydrogen-bond donors (Lipinski definition) is 0. The molecule has 1 amide bonds. The maximum absolute atomic E-state index is 17.2. The molecule has 0 N–H and O–H groups in total. The van der Waals surface area contributed by atoms with Gasteiger partial charge in [-0.15, -0.1) is 0 Å². The van der Waals surface area contributed by atoms with Gasteiger partial charge in [0.05, 0.1) is 0 Å². The van der Waals surface area contributed by atoms with Crippen molar-refractivity contribution in [1.29, 1.82) is 0 Å². The van der Waals surface area contributed by atoms with E-state index >= 15 is 4.39 Å². The normalized spacial score (nSPS) is 18.3. The van der Waals surface area contributed by atoms with Gasteiger partial charge in [-0.1, -0.05) is 0 Å². The Labute approximate surface area is 292 Å². The summed E-state index contributed by atoms with van der Waals surface area (Å²) in [4.78, 5) is 33.8. The number of unbranched alkanes of at least 4 members (excludes halogenated alkanes) is 3. The van der Waals surface area contributed by atoms with Crippen LogP contribution in [0.5, 0.6) is 6.01 Å². The van der Waals surface area contributed by atoms with Gasteiger partial charge in [-0.05, 0) is 20.8 Å². The number of aromatic nitrogens is 3. The molecule has 0 atom stereocenters. The van der Waals surface area contributed by atoms with Crippen LogP contribution in [0.4, 0.5) is 15.0 Å². The van der Waals surface area contributed by atoms with Gasteiger partial charge in [0.15, 0.2) is 0 Å². The predicted octanol–water partition coefficient (Wildman–Crippen LogP) is 7.53. The summed E-state index contributed by atoms with van der Waals surface area (Å²) in [5.41, 5.74) is -0.131. The van der Waals surface area contributed by atoms with Crippen molar-refractivity contribution in [1.82, 2.24) is 24.8 Å². The van der Waals surface area contributed by atoms with E-state index in [2.05, 4.69) is 30.6 Å². The molecule has 2 aromatic heterocycles. The van der Waals surface area contributed by atoms with Gasteiger partial charge in [-0.25, -0.2) is 0 Å². The topological polar surface area (TPSA) is 83.9 Å². The number of fused-ring (bicyclic) bond motifs is 2. The fourth-order valence-electron chi connectivity index (χ4n) is 8.32. The SMILES string of the molecule is CCC[CH2][Sn]([CH2]CCC)([CH2]CCC)[c]1ncc2c(N(C)CC3CN(C(=O)OC(C)(C)C)C3)nc(OCC34CCCN3CCC4)nc2c1F. The van der Waals surface area contributed by atoms with Gasteiger partial charge in [0.25, 0.3) is 0 Å². The van der Waals surface area contributed by atoms with Crippen molar-refractivity contribution in [2.45, 2.75) is 130 Å². The van der Waals surface area contributed by atoms with Crippen molar-refractivity contribution in [2.75, 3.05) is 51.3 Å². The van der Waals surface area contributed by atoms with Crippen LogP contribution in [0.3, 0.4) is 0 Å². The Morgan fingerprint density at radius 3 is 2.19 bits per heavy atom. The van der Waals surface area contributed by atoms with Gasteiger partial charge >= 0.3 is 267 Å². The Kier molecular flexibility index (Phi) is 12.4. The summed E-state index contributed by atoms with van der Waals surface area (Å²) < 4.78 is 33.4. The Bertz CT molecular complexity index is 1370. The van der Waals surface area contributed by atoms with E-state index < -0.39 is 24.0 Å². The number of nitrogens with zero attached hydrogens (tertiary/aromatic N) is 6. The summed E-state index contributed by atoms with van der Waals surface area (Å²) in [7, 11) is 2.00. The number of likely N-dealkylation sites (tertiary alicyclic amines) is 1. The summed E-state index contributed by atoms with van der Waals surface area (Å²) in [6, 6.07) is 0.258. The molecule has 48 heavy (non-hydrogen) atoms. The standard InChI is InChI=1S/C25H34FN6O3.3C4H9.Sn/c1-24(2,3)35-23(33)31-14-17(15-31)13-30(4)21-18-11-27-12-19(26)20(18)28-22(29-21)34-16-25-7-5-9-32(25)10-6-8-25;3*1-3-4-2;/h11,17H,5-10,13-16H2,1-4H3;3*1,3-4H2,2H3;. The summed E-state index contributed by atoms with van der Waals surface area (Å²) in [5.74, 6) is 0.668. The maximum atomic E-state index is 17.2. The van der Waals surface area contributed by atoms with E-state index in [1.165, 1.54) is 12.8 Å². The van der Waals surface area contributed by atoms with Crippen molar-refractivity contribution in [3.05, 3.63) is 12.0 Å². The Balaban J connectivity index is 1.48. The number of carbonyl (C=O) groups excluding carboxylic acids is 1. The third-order valence-electron chi connectivity index (χ3n) is 11.0. The zero-order valence-corrected chi connectivity index (χ0v) is 33.7. The van der Waals surface area contributed by atoms with E-state index in [1.54, 1.807) is 4.90 Å². The second-order valence-corrected chi connectivity index (χ2v) is 28.9. The van der Waals surface area contributed by atoms with Crippen LogP contribution in [0.1, 0.15) is 106 Å². The number of rotatable bonds is 16. The first kappa shape index (κ1) is 37.3. The van der Waals surface area contributed by atoms with E-state index in [4.69, 9.17) is 24.4 Å². The van der Waals surface area contributed by atoms with Gasteiger partial charge in [-0.3, -0.25) is 0 Å². The Morgan fingerprint density at radius 2 is 1.62 bits per heavy atom. The fourth-order valence-corrected chi connectivity index (χ4v) is 23.9. The molecule has 11 heteroatoms. The van der Waals surface area contributed by atoms with E-state index in [0.717, 1.165) is 81.5 Å². The summed E-state index contributed by atoms with van der Waals surface area (Å²) in [5, 5.41) is 0.637. The zero-order chi connectivity index (χ0) is 34.5. The van der Waals surface area contributed by atoms with Crippen molar-refractivity contribution >= 4 is 44.9 Å². The first-order valence-corrected chi connectivity index (χ1v) is 26.4. The summed E-state index contributed by atoms with van der Waals surface area (Å²) in [6.07, 6.45) is 12.9. The van der Waals surface area contributed by atoms with E-state index in [-0.39, 0.29) is 29.4 Å². The molecule has 0 unspecified atom stereocenters. The van der Waals surface area contributed by atoms with Crippen LogP contribution in [-0.4, -0.2) is 107 Å². The molecule has 0 spiro atoms. The van der Waals surface area contributed by atoms with E-state index in [1.807, 2.05) is 34.0 Å². The molecule has 9 nitrogen and oxygen atoms in total. The molecular formula is C37H61FN6O3Sn. The van der Waals surface area contributed by atoms with Gasteiger partial charge in [0.2, 0.25) is 0 Å². The number of halogens is 1. The molecule has 0 bridgehead atoms. The van der Waals surface area contributed by atoms with Gasteiger partial charge in [-0.2, -0.15) is 0 Å². The molecule has 268 valence electrons. The van der Waals surface area contributed by atoms with Crippen LogP contribution in [-0.2, 0) is 4.74 Å². The van der Waals surface area contributed by atoms with Gasteiger partial charge < -0.3 is 0 Å². The molecule has 2 aromatic rings. The number of amides is 1. The van der Waals surface area contributed by atoms with Crippen molar-refractivity contribution in [2.24, 2.45) is 5.92 Å². The minimum absolute atomic E-state index is 0.0372. The molecule has 5 rings (SSSR count). The molecule has 3 fully saturated rings. The van der Waals surface area contributed by atoms with Gasteiger partial charge in [0.1, 0.15) is 5.60 Å². The molecule has 0 radical (unpaired) electrons. The second kappa shape index (κ2) is 15.9. The second-order valence-electron chi connectivity index (χ2n) is 15.9. The third-order valence-corrected chi connectivity index (χ3v) is 26.0. The van der Waals surface area contributed by atoms with Crippen molar-refractivity contribution in [3.8, 4) is 6.01 Å². The first-order chi connectivity index (χ1) is 22.9. The van der Waals surface area contributed by atoms with Crippen molar-refractivity contribution < 1.29 is 18.7 Å². The number of carbonyl (C=O) groups is 1. The fraction of sp³-hybridized carbons (Fsp3) is 0.784.